The van der Waals surface area contributed by atoms with E-state index in [0.29, 0.717) is 0 Å². The van der Waals surface area contributed by atoms with E-state index in [0.717, 1.165) is 12.1 Å². The minimum atomic E-state index is 0.855. The lowest BCUT2D eigenvalue weighted by Gasteiger charge is -2.01. The third-order valence-electron chi connectivity index (χ3n) is 1.01. The molecular weight excluding hydrogens is 114 g/mol. The number of hydrogen-bond acceptors (Lipinski definition) is 3. The summed E-state index contributed by atoms with van der Waals surface area (Å²) in [5, 5.41) is 9.39. The first-order valence-electron chi connectivity index (χ1n) is 2.84. The van der Waals surface area contributed by atoms with Gasteiger partial charge in [0.05, 0.1) is 7.05 Å². The van der Waals surface area contributed by atoms with E-state index in [1.165, 1.54) is 5.12 Å². The summed E-state index contributed by atoms with van der Waals surface area (Å²) >= 11 is 0. The van der Waals surface area contributed by atoms with Crippen LogP contribution in [-0.2, 0) is 0 Å². The largest absolute Gasteiger partial charge is 0.180 e. The van der Waals surface area contributed by atoms with E-state index in [1.807, 2.05) is 13.0 Å². The predicted octanol–water partition coefficient (Wildman–Crippen LogP) is 0.839. The fraction of sp³-hybridized carbons (Fsp3) is 0.500. The molecule has 0 N–H and O–H groups in total. The maximum Gasteiger partial charge on any atom is 0.0503 e. The molecule has 0 unspecified atom stereocenters. The summed E-state index contributed by atoms with van der Waals surface area (Å²) < 4.78 is 0. The van der Waals surface area contributed by atoms with Gasteiger partial charge in [-0.1, -0.05) is 0 Å². The van der Waals surface area contributed by atoms with Crippen LogP contribution in [0.4, 0.5) is 0 Å². The van der Waals surface area contributed by atoms with Crippen molar-refractivity contribution in [3.63, 3.8) is 0 Å². The normalized spacial score (nSPS) is 17.6. The maximum atomic E-state index is 4.07. The Morgan fingerprint density at radius 1 is 1.78 bits per heavy atom. The molecule has 0 aliphatic carbocycles. The van der Waals surface area contributed by atoms with Crippen LogP contribution in [0.2, 0.25) is 0 Å². The molecule has 0 saturated carbocycles. The Labute approximate surface area is 54.4 Å². The highest BCUT2D eigenvalue weighted by Gasteiger charge is 1.92. The van der Waals surface area contributed by atoms with Gasteiger partial charge in [-0.2, -0.15) is 10.2 Å². The number of hydrogen-bond donors (Lipinski definition) is 0. The van der Waals surface area contributed by atoms with Crippen LogP contribution in [0.15, 0.2) is 16.3 Å². The van der Waals surface area contributed by atoms with Crippen LogP contribution in [0.5, 0.6) is 0 Å². The second-order valence-electron chi connectivity index (χ2n) is 1.96. The van der Waals surface area contributed by atoms with Gasteiger partial charge < -0.3 is 0 Å². The van der Waals surface area contributed by atoms with Gasteiger partial charge in [-0.15, -0.1) is 5.10 Å². The van der Waals surface area contributed by atoms with Crippen molar-refractivity contribution in [3.05, 3.63) is 6.08 Å². The van der Waals surface area contributed by atoms with Crippen LogP contribution in [0, 0.1) is 0 Å². The zero-order chi connectivity index (χ0) is 6.69. The van der Waals surface area contributed by atoms with Crippen molar-refractivity contribution in [1.29, 1.82) is 0 Å². The first-order valence-corrected chi connectivity index (χ1v) is 2.84. The van der Waals surface area contributed by atoms with Crippen LogP contribution in [-0.4, -0.2) is 23.7 Å². The second-order valence-corrected chi connectivity index (χ2v) is 1.96. The molecule has 9 heavy (non-hydrogen) atoms. The number of rotatable bonds is 0. The van der Waals surface area contributed by atoms with Crippen LogP contribution in [0.25, 0.3) is 0 Å². The molecule has 3 heteroatoms. The van der Waals surface area contributed by atoms with Crippen molar-refractivity contribution in [2.45, 2.75) is 13.3 Å². The van der Waals surface area contributed by atoms with E-state index >= 15 is 0 Å². The zero-order valence-corrected chi connectivity index (χ0v) is 5.63. The summed E-state index contributed by atoms with van der Waals surface area (Å²) in [7, 11) is 1.79. The molecule has 0 radical (unpaired) electrons. The van der Waals surface area contributed by atoms with E-state index in [1.54, 1.807) is 7.05 Å². The topological polar surface area (TPSA) is 28.0 Å². The Balaban J connectivity index is 2.77. The number of allylic oxidation sites excluding steroid dienone is 1. The van der Waals surface area contributed by atoms with Crippen molar-refractivity contribution >= 4 is 11.6 Å². The molecule has 48 valence electrons. The lowest BCUT2D eigenvalue weighted by Crippen LogP contribution is -2.02. The van der Waals surface area contributed by atoms with Crippen molar-refractivity contribution in [2.75, 3.05) is 7.05 Å². The van der Waals surface area contributed by atoms with Gasteiger partial charge in [0, 0.05) is 18.0 Å². The minimum absolute atomic E-state index is 0.855. The Bertz CT molecular complexity index is 186. The monoisotopic (exact) mass is 123 g/mol. The fourth-order valence-electron chi connectivity index (χ4n) is 0.628. The molecule has 1 heterocycles. The van der Waals surface area contributed by atoms with Crippen LogP contribution in [0.3, 0.4) is 0 Å². The fourth-order valence-corrected chi connectivity index (χ4v) is 0.628. The summed E-state index contributed by atoms with van der Waals surface area (Å²) in [6.45, 7) is 1.97. The van der Waals surface area contributed by atoms with E-state index < -0.39 is 0 Å². The molecule has 1 aliphatic heterocycles. The first kappa shape index (κ1) is 6.05. The SMILES string of the molecule is CC1=NN(C)N=C=CC1. The van der Waals surface area contributed by atoms with Gasteiger partial charge in [0.15, 0.2) is 0 Å². The predicted molar refractivity (Wildman–Crippen MR) is 37.5 cm³/mol. The molecule has 0 spiro atoms. The molecule has 0 aromatic carbocycles. The molecule has 0 aromatic heterocycles. The molecule has 0 fully saturated rings. The summed E-state index contributed by atoms with van der Waals surface area (Å²) in [6.07, 6.45) is 2.72. The molecule has 1 rings (SSSR count). The Morgan fingerprint density at radius 3 is 3.33 bits per heavy atom. The molecular formula is C6H9N3. The lowest BCUT2D eigenvalue weighted by atomic mass is 10.3. The maximum absolute atomic E-state index is 4.07. The number of nitrogens with zero attached hydrogens (tertiary/aromatic N) is 3. The van der Waals surface area contributed by atoms with Gasteiger partial charge in [0.1, 0.15) is 0 Å². The van der Waals surface area contributed by atoms with Gasteiger partial charge in [0.2, 0.25) is 0 Å². The standard InChI is InChI=1S/C6H9N3/c1-6-4-3-5-7-9(2)8-6/h3H,4H2,1-2H3. The molecule has 0 bridgehead atoms. The third kappa shape index (κ3) is 1.70. The summed E-state index contributed by atoms with van der Waals surface area (Å²) in [5.74, 6) is 2.74. The summed E-state index contributed by atoms with van der Waals surface area (Å²) in [4.78, 5) is 0. The highest BCUT2D eigenvalue weighted by atomic mass is 15.6. The van der Waals surface area contributed by atoms with Crippen LogP contribution >= 0.6 is 0 Å². The highest BCUT2D eigenvalue weighted by molar-refractivity contribution is 5.85. The van der Waals surface area contributed by atoms with Crippen molar-refractivity contribution in [3.8, 4) is 0 Å². The molecule has 3 nitrogen and oxygen atoms in total. The van der Waals surface area contributed by atoms with Crippen molar-refractivity contribution in [1.82, 2.24) is 5.12 Å². The van der Waals surface area contributed by atoms with E-state index in [2.05, 4.69) is 16.1 Å². The van der Waals surface area contributed by atoms with Crippen LogP contribution < -0.4 is 0 Å². The van der Waals surface area contributed by atoms with E-state index in [-0.39, 0.29) is 0 Å². The van der Waals surface area contributed by atoms with Crippen molar-refractivity contribution < 1.29 is 0 Å². The smallest absolute Gasteiger partial charge is 0.0503 e. The van der Waals surface area contributed by atoms with Gasteiger partial charge in [-0.3, -0.25) is 0 Å². The van der Waals surface area contributed by atoms with E-state index in [4.69, 9.17) is 0 Å². The number of hydrazone groups is 2. The summed E-state index contributed by atoms with van der Waals surface area (Å²) in [5.41, 5.74) is 1.06. The second kappa shape index (κ2) is 2.46. The summed E-state index contributed by atoms with van der Waals surface area (Å²) in [6, 6.07) is 0. The minimum Gasteiger partial charge on any atom is -0.180 e. The van der Waals surface area contributed by atoms with Crippen molar-refractivity contribution in [2.24, 2.45) is 10.2 Å². The Morgan fingerprint density at radius 2 is 2.56 bits per heavy atom. The molecule has 0 aromatic rings. The first-order chi connectivity index (χ1) is 4.29. The third-order valence-corrected chi connectivity index (χ3v) is 1.01. The average molecular weight is 123 g/mol. The van der Waals surface area contributed by atoms with Gasteiger partial charge in [-0.25, -0.2) is 0 Å². The molecule has 0 atom stereocenters. The molecule has 1 aliphatic rings. The average Bonchev–Trinajstić information content (AvgIpc) is 1.93. The quantitative estimate of drug-likeness (QED) is 0.469. The zero-order valence-electron chi connectivity index (χ0n) is 5.63. The van der Waals surface area contributed by atoms with Gasteiger partial charge in [-0.05, 0) is 13.0 Å². The lowest BCUT2D eigenvalue weighted by molar-refractivity contribution is 0.380. The Hall–Kier alpha value is -1.08. The molecule has 0 saturated heterocycles. The Kier molecular flexibility index (Phi) is 1.66. The highest BCUT2D eigenvalue weighted by Crippen LogP contribution is 1.93. The van der Waals surface area contributed by atoms with Crippen LogP contribution in [0.1, 0.15) is 13.3 Å². The van der Waals surface area contributed by atoms with Gasteiger partial charge in [0.25, 0.3) is 0 Å². The molecule has 0 amide bonds. The van der Waals surface area contributed by atoms with Gasteiger partial charge >= 0.3 is 0 Å². The van der Waals surface area contributed by atoms with E-state index in [9.17, 15) is 0 Å².